The molecule has 0 unspecified atom stereocenters. The molecule has 0 radical (unpaired) electrons. The minimum atomic E-state index is -4.17. The lowest BCUT2D eigenvalue weighted by atomic mass is 10.00. The molecule has 0 aliphatic carbocycles. The van der Waals surface area contributed by atoms with E-state index in [1.807, 2.05) is 45.9 Å². The van der Waals surface area contributed by atoms with E-state index in [0.29, 0.717) is 23.7 Å². The highest BCUT2D eigenvalue weighted by molar-refractivity contribution is 7.92. The highest BCUT2D eigenvalue weighted by Crippen LogP contribution is 2.30. The van der Waals surface area contributed by atoms with Crippen LogP contribution in [0, 0.1) is 19.8 Å². The Morgan fingerprint density at radius 3 is 2.39 bits per heavy atom. The topological polar surface area (TPSA) is 136 Å². The number of ether oxygens (including phenoxy) is 2. The molecule has 1 amide bonds. The molecule has 46 heavy (non-hydrogen) atoms. The molecular formula is C34H40N6O5S. The van der Waals surface area contributed by atoms with E-state index in [4.69, 9.17) is 9.47 Å². The second-order valence-corrected chi connectivity index (χ2v) is 13.7. The van der Waals surface area contributed by atoms with Crippen LogP contribution in [0.15, 0.2) is 65.8 Å². The van der Waals surface area contributed by atoms with Gasteiger partial charge in [-0.05, 0) is 68.9 Å². The summed E-state index contributed by atoms with van der Waals surface area (Å²) in [7, 11) is -4.17. The van der Waals surface area contributed by atoms with Crippen molar-refractivity contribution in [1.29, 1.82) is 0 Å². The molecule has 2 aromatic heterocycles. The Morgan fingerprint density at radius 1 is 1.02 bits per heavy atom. The Bertz CT molecular complexity index is 1790. The van der Waals surface area contributed by atoms with Crippen LogP contribution in [-0.2, 0) is 16.6 Å². The zero-order valence-corrected chi connectivity index (χ0v) is 27.8. The number of nitrogens with zero attached hydrogens (tertiary/aromatic N) is 5. The van der Waals surface area contributed by atoms with Gasteiger partial charge in [0.1, 0.15) is 12.4 Å². The van der Waals surface area contributed by atoms with Gasteiger partial charge in [-0.15, -0.1) is 0 Å². The number of fused-ring (bicyclic) bond motifs is 4. The molecule has 11 nitrogen and oxygen atoms in total. The van der Waals surface area contributed by atoms with Crippen molar-refractivity contribution in [3.8, 4) is 22.9 Å². The number of hydrogen-bond acceptors (Lipinski definition) is 9. The van der Waals surface area contributed by atoms with E-state index in [1.54, 1.807) is 35.5 Å². The van der Waals surface area contributed by atoms with Crippen LogP contribution in [0.2, 0.25) is 0 Å². The van der Waals surface area contributed by atoms with Crippen molar-refractivity contribution in [2.24, 2.45) is 5.92 Å². The van der Waals surface area contributed by atoms with E-state index in [2.05, 4.69) is 38.5 Å². The van der Waals surface area contributed by atoms with Crippen molar-refractivity contribution >= 4 is 21.9 Å². The summed E-state index contributed by atoms with van der Waals surface area (Å²) in [6, 6.07) is 13.1. The van der Waals surface area contributed by atoms with Gasteiger partial charge in [0.25, 0.3) is 15.9 Å². The first-order valence-electron chi connectivity index (χ1n) is 15.4. The van der Waals surface area contributed by atoms with Gasteiger partial charge >= 0.3 is 0 Å². The number of sulfonamides is 1. The third-order valence-corrected chi connectivity index (χ3v) is 9.16. The van der Waals surface area contributed by atoms with Crippen LogP contribution in [0.3, 0.4) is 0 Å². The molecule has 0 saturated carbocycles. The maximum Gasteiger partial charge on any atom is 0.264 e. The van der Waals surface area contributed by atoms with Crippen molar-refractivity contribution in [3.63, 3.8) is 0 Å². The molecule has 5 rings (SSSR count). The first-order chi connectivity index (χ1) is 21.9. The van der Waals surface area contributed by atoms with Gasteiger partial charge in [0.2, 0.25) is 11.8 Å². The van der Waals surface area contributed by atoms with Crippen molar-refractivity contribution in [1.82, 2.24) is 24.8 Å². The number of benzene rings is 2. The molecule has 0 saturated heterocycles. The summed E-state index contributed by atoms with van der Waals surface area (Å²) in [5.41, 5.74) is 3.52. The van der Waals surface area contributed by atoms with Gasteiger partial charge in [-0.1, -0.05) is 45.0 Å². The quantitative estimate of drug-likeness (QED) is 0.246. The van der Waals surface area contributed by atoms with Gasteiger partial charge < -0.3 is 14.4 Å². The number of hydrogen-bond donors (Lipinski definition) is 1. The van der Waals surface area contributed by atoms with Crippen LogP contribution in [0.1, 0.15) is 67.8 Å². The number of amides is 1. The van der Waals surface area contributed by atoms with Gasteiger partial charge in [0.15, 0.2) is 5.75 Å². The standard InChI is InChI=1S/C34H40N6O5S/c1-7-24(6)45-27-17-35-30(36-18-27)19-40-26(14-21(2)3)20-44-31-16-29(32-22(4)10-8-11-23(32)5)37-34(38-31)39-46(42,43)28-13-9-12-25(15-28)33(40)41/h8-13,15-18,21,24,26H,7,14,19-20H2,1-6H3,(H,37,38,39)/t24-,26+/m0/s1. The van der Waals surface area contributed by atoms with Gasteiger partial charge in [0, 0.05) is 17.2 Å². The van der Waals surface area contributed by atoms with Gasteiger partial charge in [0.05, 0.1) is 41.7 Å². The van der Waals surface area contributed by atoms with Gasteiger partial charge in [-0.3, -0.25) is 4.79 Å². The molecular weight excluding hydrogens is 604 g/mol. The van der Waals surface area contributed by atoms with Gasteiger partial charge in [-0.25, -0.2) is 28.1 Å². The van der Waals surface area contributed by atoms with Crippen molar-refractivity contribution in [2.75, 3.05) is 11.3 Å². The fourth-order valence-electron chi connectivity index (χ4n) is 5.36. The molecule has 3 heterocycles. The number of carbonyl (C=O) groups excluding carboxylic acids is 1. The summed E-state index contributed by atoms with van der Waals surface area (Å²) in [6.07, 6.45) is 4.65. The maximum atomic E-state index is 14.2. The second-order valence-electron chi connectivity index (χ2n) is 12.0. The summed E-state index contributed by atoms with van der Waals surface area (Å²) in [6.45, 7) is 12.2. The Kier molecular flexibility index (Phi) is 9.85. The monoisotopic (exact) mass is 644 g/mol. The Morgan fingerprint density at radius 2 is 1.72 bits per heavy atom. The lowest BCUT2D eigenvalue weighted by Gasteiger charge is -2.32. The second kappa shape index (κ2) is 13.8. The molecule has 1 aliphatic rings. The first kappa shape index (κ1) is 32.8. The average molecular weight is 645 g/mol. The molecule has 2 atom stereocenters. The van der Waals surface area contributed by atoms with Crippen LogP contribution >= 0.6 is 0 Å². The number of rotatable bonds is 8. The smallest absolute Gasteiger partial charge is 0.264 e. The normalized spacial score (nSPS) is 16.8. The lowest BCUT2D eigenvalue weighted by molar-refractivity contribution is 0.0545. The van der Waals surface area contributed by atoms with Crippen molar-refractivity contribution in [2.45, 2.75) is 78.0 Å². The average Bonchev–Trinajstić information content (AvgIpc) is 3.01. The number of nitrogens with one attached hydrogen (secondary N) is 1. The Hall–Kier alpha value is -4.58. The molecule has 12 heteroatoms. The fraction of sp³-hybridized carbons (Fsp3) is 0.382. The molecule has 0 fully saturated rings. The number of aromatic nitrogens is 4. The van der Waals surface area contributed by atoms with E-state index in [9.17, 15) is 13.2 Å². The Balaban J connectivity index is 1.60. The predicted molar refractivity (Wildman–Crippen MR) is 175 cm³/mol. The summed E-state index contributed by atoms with van der Waals surface area (Å²) in [4.78, 5) is 33.8. The van der Waals surface area contributed by atoms with E-state index in [0.717, 1.165) is 23.1 Å². The van der Waals surface area contributed by atoms with Crippen LogP contribution in [0.5, 0.6) is 11.6 Å². The fourth-order valence-corrected chi connectivity index (χ4v) is 6.35. The molecule has 2 aromatic carbocycles. The lowest BCUT2D eigenvalue weighted by Crippen LogP contribution is -2.44. The predicted octanol–water partition coefficient (Wildman–Crippen LogP) is 5.98. The van der Waals surface area contributed by atoms with Crippen molar-refractivity contribution < 1.29 is 22.7 Å². The van der Waals surface area contributed by atoms with Crippen LogP contribution < -0.4 is 14.2 Å². The minimum Gasteiger partial charge on any atom is -0.487 e. The third-order valence-electron chi connectivity index (χ3n) is 7.83. The summed E-state index contributed by atoms with van der Waals surface area (Å²) in [5, 5.41) is 0. The number of carbonyl (C=O) groups is 1. The highest BCUT2D eigenvalue weighted by atomic mass is 32.2. The largest absolute Gasteiger partial charge is 0.487 e. The Labute approximate surface area is 270 Å². The van der Waals surface area contributed by atoms with Gasteiger partial charge in [-0.2, -0.15) is 4.98 Å². The first-order valence-corrected chi connectivity index (χ1v) is 16.9. The van der Waals surface area contributed by atoms with Crippen LogP contribution in [-0.4, -0.2) is 57.9 Å². The van der Waals surface area contributed by atoms with Crippen molar-refractivity contribution in [3.05, 3.63) is 83.4 Å². The highest BCUT2D eigenvalue weighted by Gasteiger charge is 2.30. The zero-order valence-electron chi connectivity index (χ0n) is 27.0. The maximum absolute atomic E-state index is 14.2. The molecule has 4 bridgehead atoms. The molecule has 1 aliphatic heterocycles. The summed E-state index contributed by atoms with van der Waals surface area (Å²) >= 11 is 0. The molecule has 4 aromatic rings. The van der Waals surface area contributed by atoms with E-state index in [-0.39, 0.29) is 53.4 Å². The molecule has 0 spiro atoms. The van der Waals surface area contributed by atoms with E-state index < -0.39 is 16.1 Å². The van der Waals surface area contributed by atoms with E-state index >= 15 is 0 Å². The summed E-state index contributed by atoms with van der Waals surface area (Å²) < 4.78 is 41.8. The SMILES string of the molecule is CC[C@H](C)Oc1cnc(CN2C(=O)c3cccc(c3)S(=O)(=O)Nc3nc(cc(-c4c(C)cccc4C)n3)OC[C@H]2CC(C)C)nc1. The number of aryl methyl sites for hydroxylation is 2. The zero-order chi connectivity index (χ0) is 33.0. The molecule has 242 valence electrons. The van der Waals surface area contributed by atoms with Crippen LogP contribution in [0.4, 0.5) is 5.95 Å². The van der Waals surface area contributed by atoms with E-state index in [1.165, 1.54) is 12.1 Å². The third kappa shape index (κ3) is 7.61. The summed E-state index contributed by atoms with van der Waals surface area (Å²) in [5.74, 6) is 0.835. The number of anilines is 1. The molecule has 1 N–H and O–H groups in total. The minimum absolute atomic E-state index is 0.0123. The van der Waals surface area contributed by atoms with Crippen LogP contribution in [0.25, 0.3) is 11.3 Å².